The van der Waals surface area contributed by atoms with Gasteiger partial charge in [-0.3, -0.25) is 18.6 Å². The van der Waals surface area contributed by atoms with Gasteiger partial charge >= 0.3 is 19.8 Å². The summed E-state index contributed by atoms with van der Waals surface area (Å²) in [5.41, 5.74) is 0. The number of carbonyl (C=O) groups is 2. The lowest BCUT2D eigenvalue weighted by Gasteiger charge is -2.24. The minimum Gasteiger partial charge on any atom is -0.462 e. The van der Waals surface area contributed by atoms with Crippen LogP contribution in [0.2, 0.25) is 0 Å². The number of phosphoric acid groups is 1. The summed E-state index contributed by atoms with van der Waals surface area (Å²) in [6.07, 6.45) is 39.3. The number of carbonyl (C=O) groups excluding carboxylic acids is 2. The number of quaternary nitrogens is 1. The number of hydrogen-bond acceptors (Lipinski definition) is 9. The summed E-state index contributed by atoms with van der Waals surface area (Å²) >= 11 is 0. The molecule has 350 valence electrons. The van der Waals surface area contributed by atoms with E-state index in [-0.39, 0.29) is 26.1 Å². The van der Waals surface area contributed by atoms with Gasteiger partial charge in [-0.15, -0.1) is 0 Å². The topological polar surface area (TPSA) is 149 Å². The number of rotatable bonds is 42. The van der Waals surface area contributed by atoms with Crippen LogP contribution in [-0.4, -0.2) is 97.3 Å². The largest absolute Gasteiger partial charge is 0.472 e. The highest BCUT2D eigenvalue weighted by Crippen LogP contribution is 2.43. The minimum absolute atomic E-state index is 0.0143. The highest BCUT2D eigenvalue weighted by molar-refractivity contribution is 7.47. The average molecular weight is 871 g/mol. The smallest absolute Gasteiger partial charge is 0.462 e. The number of allylic oxidation sites excluding steroid dienone is 5. The van der Waals surface area contributed by atoms with E-state index in [2.05, 4.69) is 19.9 Å². The molecular weight excluding hydrogens is 781 g/mol. The monoisotopic (exact) mass is 871 g/mol. The Morgan fingerprint density at radius 1 is 0.600 bits per heavy atom. The van der Waals surface area contributed by atoms with Crippen LogP contribution >= 0.6 is 7.82 Å². The fraction of sp³-hybridized carbons (Fsp3) is 0.792. The normalized spacial score (nSPS) is 15.0. The molecule has 0 heterocycles. The quantitative estimate of drug-likeness (QED) is 0.0135. The Bertz CT molecular complexity index is 1200. The maximum atomic E-state index is 12.7. The molecule has 0 bridgehead atoms. The van der Waals surface area contributed by atoms with Gasteiger partial charge in [-0.1, -0.05) is 178 Å². The highest BCUT2D eigenvalue weighted by atomic mass is 31.2. The summed E-state index contributed by atoms with van der Waals surface area (Å²) in [7, 11) is 1.32. The molecule has 0 aromatic heterocycles. The number of hydrogen-bond donors (Lipinski definition) is 3. The van der Waals surface area contributed by atoms with E-state index >= 15 is 0 Å². The third kappa shape index (κ3) is 42.6. The Morgan fingerprint density at radius 3 is 1.65 bits per heavy atom. The molecule has 0 radical (unpaired) electrons. The molecule has 12 heteroatoms. The molecule has 4 atom stereocenters. The van der Waals surface area contributed by atoms with Gasteiger partial charge in [-0.2, -0.15) is 0 Å². The van der Waals surface area contributed by atoms with Crippen LogP contribution in [0, 0.1) is 0 Å². The van der Waals surface area contributed by atoms with E-state index in [0.717, 1.165) is 25.7 Å². The van der Waals surface area contributed by atoms with Gasteiger partial charge in [-0.05, 0) is 38.5 Å². The number of likely N-dealkylation sites (N-methyl/N-ethyl adjacent to an activating group) is 1. The molecule has 0 saturated heterocycles. The number of esters is 2. The van der Waals surface area contributed by atoms with Crippen LogP contribution in [-0.2, 0) is 32.7 Å². The van der Waals surface area contributed by atoms with Crippen LogP contribution in [0.25, 0.3) is 0 Å². The van der Waals surface area contributed by atoms with Gasteiger partial charge in [0.25, 0.3) is 0 Å². The molecule has 11 nitrogen and oxygen atoms in total. The molecule has 0 aromatic carbocycles. The fourth-order valence-corrected chi connectivity index (χ4v) is 7.01. The van der Waals surface area contributed by atoms with E-state index in [1.807, 2.05) is 27.2 Å². The predicted octanol–water partition coefficient (Wildman–Crippen LogP) is 11.4. The first-order chi connectivity index (χ1) is 28.8. The molecule has 0 aliphatic rings. The van der Waals surface area contributed by atoms with Crippen LogP contribution in [0.5, 0.6) is 0 Å². The molecule has 0 saturated carbocycles. The van der Waals surface area contributed by atoms with Gasteiger partial charge in [0.2, 0.25) is 0 Å². The molecule has 0 fully saturated rings. The molecule has 60 heavy (non-hydrogen) atoms. The number of aliphatic hydroxyl groups excluding tert-OH is 2. The van der Waals surface area contributed by atoms with Gasteiger partial charge in [0.15, 0.2) is 6.10 Å². The zero-order valence-corrected chi connectivity index (χ0v) is 39.6. The van der Waals surface area contributed by atoms with E-state index in [1.165, 1.54) is 103 Å². The Hall–Kier alpha value is -2.11. The van der Waals surface area contributed by atoms with Crippen molar-refractivity contribution in [3.8, 4) is 0 Å². The third-order valence-electron chi connectivity index (χ3n) is 10.1. The fourth-order valence-electron chi connectivity index (χ4n) is 6.27. The van der Waals surface area contributed by atoms with Crippen LogP contribution in [0.1, 0.15) is 181 Å². The second kappa shape index (κ2) is 39.7. The zero-order valence-electron chi connectivity index (χ0n) is 38.7. The molecule has 0 rings (SSSR count). The van der Waals surface area contributed by atoms with E-state index in [1.54, 1.807) is 36.5 Å². The van der Waals surface area contributed by atoms with Gasteiger partial charge < -0.3 is 29.1 Å². The van der Waals surface area contributed by atoms with Crippen molar-refractivity contribution < 1.29 is 52.3 Å². The van der Waals surface area contributed by atoms with Crippen molar-refractivity contribution in [3.05, 3.63) is 48.6 Å². The Labute approximate surface area is 366 Å². The average Bonchev–Trinajstić information content (AvgIpc) is 3.19. The Kier molecular flexibility index (Phi) is 38.3. The number of ether oxygens (including phenoxy) is 2. The van der Waals surface area contributed by atoms with E-state index < -0.39 is 44.7 Å². The number of phosphoric ester groups is 1. The number of aliphatic hydroxyl groups is 2. The molecule has 0 aliphatic heterocycles. The maximum Gasteiger partial charge on any atom is 0.472 e. The van der Waals surface area contributed by atoms with Crippen LogP contribution in [0.4, 0.5) is 0 Å². The molecule has 3 N–H and O–H groups in total. The second-order valence-electron chi connectivity index (χ2n) is 17.2. The Morgan fingerprint density at radius 2 is 1.10 bits per heavy atom. The van der Waals surface area contributed by atoms with Crippen molar-refractivity contribution in [3.63, 3.8) is 0 Å². The lowest BCUT2D eigenvalue weighted by atomic mass is 10.0. The van der Waals surface area contributed by atoms with Crippen LogP contribution in [0.3, 0.4) is 0 Å². The van der Waals surface area contributed by atoms with Gasteiger partial charge in [0.05, 0.1) is 40.0 Å². The van der Waals surface area contributed by atoms with E-state index in [0.29, 0.717) is 36.7 Å². The molecule has 0 aliphatic carbocycles. The highest BCUT2D eigenvalue weighted by Gasteiger charge is 2.27. The molecular formula is C48H89NO10P+. The first-order valence-corrected chi connectivity index (χ1v) is 25.1. The van der Waals surface area contributed by atoms with E-state index in [9.17, 15) is 29.3 Å². The summed E-state index contributed by atoms with van der Waals surface area (Å²) < 4.78 is 34.1. The first kappa shape index (κ1) is 57.9. The number of unbranched alkanes of at least 4 members (excludes halogenated alkanes) is 19. The summed E-state index contributed by atoms with van der Waals surface area (Å²) in [5.74, 6) is -1.04. The molecule has 1 unspecified atom stereocenters. The molecule has 0 amide bonds. The third-order valence-corrected chi connectivity index (χ3v) is 11.0. The van der Waals surface area contributed by atoms with Crippen molar-refractivity contribution in [1.82, 2.24) is 0 Å². The predicted molar refractivity (Wildman–Crippen MR) is 245 cm³/mol. The molecule has 0 aromatic rings. The Balaban J connectivity index is 4.56. The molecule has 0 spiro atoms. The van der Waals surface area contributed by atoms with Crippen LogP contribution < -0.4 is 0 Å². The van der Waals surface area contributed by atoms with Crippen molar-refractivity contribution in [2.45, 2.75) is 199 Å². The standard InChI is InChI=1S/C48H88NO10P/c1-6-8-10-12-14-15-16-17-18-19-20-21-22-23-24-26-32-38-47(52)56-42-46(43-58-60(54,55)57-41-40-49(3,4)5)59-48(53)39-33-37-45(51)36-31-28-27-30-35-44(50)34-29-25-13-11-9-7-2/h25,27-31,35-36,44-46,50-51H,6-24,26,32-34,37-43H2,1-5H3/p+1/b28-27+,29-25-,35-30+,36-31-/t44-,45-,46+/m0/s1. The maximum absolute atomic E-state index is 12.7. The second-order valence-corrected chi connectivity index (χ2v) is 18.7. The van der Waals surface area contributed by atoms with Crippen molar-refractivity contribution >= 4 is 19.8 Å². The number of nitrogens with zero attached hydrogens (tertiary/aromatic N) is 1. The van der Waals surface area contributed by atoms with Crippen molar-refractivity contribution in [2.24, 2.45) is 0 Å². The first-order valence-electron chi connectivity index (χ1n) is 23.6. The van der Waals surface area contributed by atoms with Gasteiger partial charge in [0.1, 0.15) is 19.8 Å². The minimum atomic E-state index is -4.45. The van der Waals surface area contributed by atoms with E-state index in [4.69, 9.17) is 18.5 Å². The zero-order chi connectivity index (χ0) is 44.6. The summed E-state index contributed by atoms with van der Waals surface area (Å²) in [6.45, 7) is 4.08. The van der Waals surface area contributed by atoms with Crippen molar-refractivity contribution in [2.75, 3.05) is 47.5 Å². The van der Waals surface area contributed by atoms with Gasteiger partial charge in [-0.25, -0.2) is 4.57 Å². The lowest BCUT2D eigenvalue weighted by molar-refractivity contribution is -0.870. The van der Waals surface area contributed by atoms with Crippen LogP contribution in [0.15, 0.2) is 48.6 Å². The summed E-state index contributed by atoms with van der Waals surface area (Å²) in [4.78, 5) is 35.4. The summed E-state index contributed by atoms with van der Waals surface area (Å²) in [6, 6.07) is 0. The summed E-state index contributed by atoms with van der Waals surface area (Å²) in [5, 5.41) is 20.4. The van der Waals surface area contributed by atoms with Gasteiger partial charge in [0, 0.05) is 12.8 Å². The lowest BCUT2D eigenvalue weighted by Crippen LogP contribution is -2.37. The van der Waals surface area contributed by atoms with Crippen molar-refractivity contribution in [1.29, 1.82) is 0 Å². The SMILES string of the molecule is CCCCC/C=C\C[C@H](O)/C=C/C=C/C=C\[C@H](O)CCCC(=O)O[C@H](COC(=O)CCCCCCCCCCCCCCCCCCC)COP(=O)(O)OCC[N+](C)(C)C.